The van der Waals surface area contributed by atoms with Gasteiger partial charge in [0, 0.05) is 41.4 Å². The Bertz CT molecular complexity index is 1800. The van der Waals surface area contributed by atoms with Gasteiger partial charge in [0.25, 0.3) is 0 Å². The van der Waals surface area contributed by atoms with E-state index in [4.69, 9.17) is 5.10 Å². The number of benzene rings is 4. The average molecular weight is 626 g/mol. The Morgan fingerprint density at radius 2 is 1.34 bits per heavy atom. The lowest BCUT2D eigenvalue weighted by Crippen LogP contribution is -2.28. The number of aromatic nitrogens is 2. The highest BCUT2D eigenvalue weighted by atomic mass is 16.2. The number of unbranched alkanes of at least 4 members (excludes halogenated alkanes) is 3. The number of carbonyl (C=O) groups is 3. The van der Waals surface area contributed by atoms with Gasteiger partial charge >= 0.3 is 0 Å². The largest absolute Gasteiger partial charge is 0.326 e. The first-order chi connectivity index (χ1) is 22.9. The summed E-state index contributed by atoms with van der Waals surface area (Å²) in [5.41, 5.74) is 12.3. The molecular weight excluding hydrogens is 586 g/mol. The van der Waals surface area contributed by atoms with Gasteiger partial charge in [0.15, 0.2) is 5.78 Å². The molecule has 8 nitrogen and oxygen atoms in total. The molecular formula is C39H39N5O3. The van der Waals surface area contributed by atoms with E-state index in [2.05, 4.69) is 16.2 Å². The number of para-hydroxylation sites is 2. The van der Waals surface area contributed by atoms with Gasteiger partial charge in [-0.05, 0) is 80.4 Å². The van der Waals surface area contributed by atoms with Crippen molar-refractivity contribution in [3.8, 4) is 16.9 Å². The molecule has 0 spiro atoms. The zero-order chi connectivity index (χ0) is 32.8. The first-order valence-corrected chi connectivity index (χ1v) is 15.9. The lowest BCUT2D eigenvalue weighted by molar-refractivity contribution is -0.120. The summed E-state index contributed by atoms with van der Waals surface area (Å²) in [6.45, 7) is 2.04. The highest BCUT2D eigenvalue weighted by molar-refractivity contribution is 6.07. The minimum Gasteiger partial charge on any atom is -0.326 e. The molecule has 0 fully saturated rings. The third kappa shape index (κ3) is 9.86. The highest BCUT2D eigenvalue weighted by Gasteiger charge is 2.12. The number of anilines is 2. The van der Waals surface area contributed by atoms with Gasteiger partial charge in [0.2, 0.25) is 11.8 Å². The Balaban J connectivity index is 1.07. The number of hydrazine groups is 1. The molecule has 0 radical (unpaired) electrons. The summed E-state index contributed by atoms with van der Waals surface area (Å²) in [6, 6.07) is 34.4. The number of ketones is 1. The van der Waals surface area contributed by atoms with Crippen LogP contribution in [-0.4, -0.2) is 27.4 Å². The normalized spacial score (nSPS) is 10.9. The predicted octanol–water partition coefficient (Wildman–Crippen LogP) is 8.17. The predicted molar refractivity (Wildman–Crippen MR) is 188 cm³/mol. The maximum absolute atomic E-state index is 13.1. The second-order valence-electron chi connectivity index (χ2n) is 11.4. The van der Waals surface area contributed by atoms with Crippen LogP contribution in [0, 0.1) is 6.92 Å². The van der Waals surface area contributed by atoms with Crippen LogP contribution in [0.4, 0.5) is 11.4 Å². The van der Waals surface area contributed by atoms with E-state index in [1.165, 1.54) is 0 Å². The molecule has 0 aliphatic heterocycles. The van der Waals surface area contributed by atoms with Crippen molar-refractivity contribution in [3.63, 3.8) is 0 Å². The number of amides is 2. The molecule has 1 heterocycles. The number of hydrogen-bond acceptors (Lipinski definition) is 5. The molecule has 4 aromatic carbocycles. The fourth-order valence-corrected chi connectivity index (χ4v) is 5.01. The van der Waals surface area contributed by atoms with Crippen molar-refractivity contribution in [2.45, 2.75) is 45.4 Å². The minimum absolute atomic E-state index is 0.0600. The van der Waals surface area contributed by atoms with E-state index in [9.17, 15) is 14.4 Å². The fraction of sp³-hybridized carbons (Fsp3) is 0.179. The smallest absolute Gasteiger partial charge is 0.238 e. The van der Waals surface area contributed by atoms with Crippen LogP contribution >= 0.6 is 0 Å². The number of nitrogens with one attached hydrogen (secondary N) is 3. The van der Waals surface area contributed by atoms with Crippen molar-refractivity contribution in [1.82, 2.24) is 15.2 Å². The van der Waals surface area contributed by atoms with Crippen molar-refractivity contribution < 1.29 is 14.4 Å². The molecule has 0 aliphatic rings. The molecule has 0 bridgehead atoms. The van der Waals surface area contributed by atoms with E-state index in [0.717, 1.165) is 59.4 Å². The molecule has 0 saturated carbocycles. The average Bonchev–Trinajstić information content (AvgIpc) is 3.53. The van der Waals surface area contributed by atoms with Gasteiger partial charge in [0.05, 0.1) is 17.1 Å². The van der Waals surface area contributed by atoms with Gasteiger partial charge in [-0.1, -0.05) is 79.1 Å². The zero-order valence-electron chi connectivity index (χ0n) is 26.5. The van der Waals surface area contributed by atoms with E-state index in [-0.39, 0.29) is 17.6 Å². The SMILES string of the molecule is Cc1ccc(-c2nn(-c3ccccc3)cc2/C=C/C(=O)c2ccc(NC(=O)CCCCCCC(=O)NNc3ccccc3)cc2)cc1. The monoisotopic (exact) mass is 625 g/mol. The first-order valence-electron chi connectivity index (χ1n) is 15.9. The van der Waals surface area contributed by atoms with E-state index in [0.29, 0.717) is 24.1 Å². The summed E-state index contributed by atoms with van der Waals surface area (Å²) < 4.78 is 1.82. The highest BCUT2D eigenvalue weighted by Crippen LogP contribution is 2.26. The van der Waals surface area contributed by atoms with Gasteiger partial charge in [-0.15, -0.1) is 0 Å². The van der Waals surface area contributed by atoms with Crippen molar-refractivity contribution in [2.24, 2.45) is 0 Å². The third-order valence-electron chi connectivity index (χ3n) is 7.63. The van der Waals surface area contributed by atoms with Crippen molar-refractivity contribution in [3.05, 3.63) is 138 Å². The lowest BCUT2D eigenvalue weighted by atomic mass is 10.0. The van der Waals surface area contributed by atoms with Crippen LogP contribution in [0.2, 0.25) is 0 Å². The summed E-state index contributed by atoms with van der Waals surface area (Å²) in [7, 11) is 0. The standard InChI is InChI=1S/C39H39N5O3/c1-29-18-20-31(21-19-29)39-32(28-44(43-39)35-14-8-5-9-15-35)24-27-36(45)30-22-25-33(26-23-30)40-37(46)16-10-2-3-11-17-38(47)42-41-34-12-6-4-7-13-34/h4-9,12-15,18-28,41H,2-3,10-11,16-17H2,1H3,(H,40,46)(H,42,47)/b27-24+. The number of allylic oxidation sites excluding steroid dienone is 1. The Labute approximate surface area is 275 Å². The molecule has 1 aromatic heterocycles. The topological polar surface area (TPSA) is 105 Å². The first kappa shape index (κ1) is 32.6. The number of rotatable bonds is 15. The molecule has 0 unspecified atom stereocenters. The van der Waals surface area contributed by atoms with Crippen LogP contribution in [0.5, 0.6) is 0 Å². The molecule has 0 aliphatic carbocycles. The van der Waals surface area contributed by atoms with Crippen LogP contribution in [-0.2, 0) is 9.59 Å². The van der Waals surface area contributed by atoms with Gasteiger partial charge in [0.1, 0.15) is 0 Å². The quantitative estimate of drug-likeness (QED) is 0.0471. The van der Waals surface area contributed by atoms with Crippen molar-refractivity contribution >= 4 is 35.0 Å². The summed E-state index contributed by atoms with van der Waals surface area (Å²) in [5.74, 6) is -0.280. The second kappa shape index (κ2) is 16.5. The van der Waals surface area contributed by atoms with Crippen LogP contribution < -0.4 is 16.2 Å². The van der Waals surface area contributed by atoms with Gasteiger partial charge in [-0.3, -0.25) is 25.2 Å². The number of hydrogen-bond donors (Lipinski definition) is 3. The summed E-state index contributed by atoms with van der Waals surface area (Å²) >= 11 is 0. The van der Waals surface area contributed by atoms with Crippen LogP contribution in [0.3, 0.4) is 0 Å². The fourth-order valence-electron chi connectivity index (χ4n) is 5.01. The number of nitrogens with zero attached hydrogens (tertiary/aromatic N) is 2. The Hall–Kier alpha value is -5.76. The van der Waals surface area contributed by atoms with E-state index < -0.39 is 0 Å². The molecule has 3 N–H and O–H groups in total. The number of carbonyl (C=O) groups excluding carboxylic acids is 3. The molecule has 0 saturated heterocycles. The molecule has 2 amide bonds. The van der Waals surface area contributed by atoms with E-state index in [1.807, 2.05) is 103 Å². The molecule has 5 rings (SSSR count). The van der Waals surface area contributed by atoms with Crippen LogP contribution in [0.15, 0.2) is 121 Å². The Morgan fingerprint density at radius 1 is 0.702 bits per heavy atom. The van der Waals surface area contributed by atoms with Crippen LogP contribution in [0.25, 0.3) is 23.0 Å². The summed E-state index contributed by atoms with van der Waals surface area (Å²) in [4.78, 5) is 37.5. The molecule has 0 atom stereocenters. The van der Waals surface area contributed by atoms with Crippen molar-refractivity contribution in [1.29, 1.82) is 0 Å². The lowest BCUT2D eigenvalue weighted by Gasteiger charge is -2.08. The Kier molecular flexibility index (Phi) is 11.5. The molecule has 47 heavy (non-hydrogen) atoms. The molecule has 238 valence electrons. The maximum Gasteiger partial charge on any atom is 0.238 e. The molecule has 8 heteroatoms. The van der Waals surface area contributed by atoms with Crippen LogP contribution in [0.1, 0.15) is 60.0 Å². The summed E-state index contributed by atoms with van der Waals surface area (Å²) in [5, 5.41) is 7.73. The third-order valence-corrected chi connectivity index (χ3v) is 7.63. The number of aryl methyl sites for hydroxylation is 1. The summed E-state index contributed by atoms with van der Waals surface area (Å²) in [6.07, 6.45) is 9.34. The molecule has 5 aromatic rings. The van der Waals surface area contributed by atoms with Crippen molar-refractivity contribution in [2.75, 3.05) is 10.7 Å². The van der Waals surface area contributed by atoms with E-state index >= 15 is 0 Å². The zero-order valence-corrected chi connectivity index (χ0v) is 26.5. The minimum atomic E-state index is -0.144. The van der Waals surface area contributed by atoms with E-state index in [1.54, 1.807) is 36.4 Å². The van der Waals surface area contributed by atoms with Gasteiger partial charge in [-0.2, -0.15) is 5.10 Å². The Morgan fingerprint density at radius 3 is 2.02 bits per heavy atom. The maximum atomic E-state index is 13.1. The second-order valence-corrected chi connectivity index (χ2v) is 11.4. The van der Waals surface area contributed by atoms with Gasteiger partial charge < -0.3 is 5.32 Å². The van der Waals surface area contributed by atoms with Gasteiger partial charge in [-0.25, -0.2) is 4.68 Å².